The normalized spacial score (nSPS) is 27.4. The fourth-order valence-electron chi connectivity index (χ4n) is 4.77. The quantitative estimate of drug-likeness (QED) is 0.453. The fourth-order valence-corrected chi connectivity index (χ4v) is 4.77. The summed E-state index contributed by atoms with van der Waals surface area (Å²) >= 11 is 0. The van der Waals surface area contributed by atoms with Crippen molar-refractivity contribution in [2.75, 3.05) is 19.8 Å². The largest absolute Gasteiger partial charge is 0.381 e. The number of nitrogens with one attached hydrogen (secondary N) is 1. The Kier molecular flexibility index (Phi) is 11.4. The summed E-state index contributed by atoms with van der Waals surface area (Å²) in [6.07, 6.45) is 10.3. The third kappa shape index (κ3) is 9.47. The van der Waals surface area contributed by atoms with Crippen LogP contribution in [0.1, 0.15) is 91.9 Å². The lowest BCUT2D eigenvalue weighted by Crippen LogP contribution is -2.39. The highest BCUT2D eigenvalue weighted by Gasteiger charge is 2.28. The molecule has 2 fully saturated rings. The van der Waals surface area contributed by atoms with Gasteiger partial charge in [0.1, 0.15) is 5.78 Å². The SMILES string of the molecule is CC(C)OC[C@H]1CC[C@@H](COCCCC(=O)N[C@H]2CC[C@@H](C(=O)C(C)C)CC2)CC1. The molecule has 2 aliphatic rings. The predicted molar refractivity (Wildman–Crippen MR) is 120 cm³/mol. The first-order valence-electron chi connectivity index (χ1n) is 12.4. The van der Waals surface area contributed by atoms with Gasteiger partial charge < -0.3 is 14.8 Å². The molecule has 2 rings (SSSR count). The van der Waals surface area contributed by atoms with Crippen molar-refractivity contribution in [3.05, 3.63) is 0 Å². The Labute approximate surface area is 184 Å². The third-order valence-electron chi connectivity index (χ3n) is 6.74. The molecule has 0 radical (unpaired) electrons. The molecule has 174 valence electrons. The number of ketones is 1. The zero-order chi connectivity index (χ0) is 21.9. The third-order valence-corrected chi connectivity index (χ3v) is 6.74. The molecular formula is C25H45NO4. The van der Waals surface area contributed by atoms with Crippen molar-refractivity contribution in [1.29, 1.82) is 0 Å². The monoisotopic (exact) mass is 423 g/mol. The van der Waals surface area contributed by atoms with Gasteiger partial charge in [-0.25, -0.2) is 0 Å². The van der Waals surface area contributed by atoms with Crippen LogP contribution < -0.4 is 5.32 Å². The Balaban J connectivity index is 1.47. The van der Waals surface area contributed by atoms with Crippen LogP contribution in [0.3, 0.4) is 0 Å². The van der Waals surface area contributed by atoms with Gasteiger partial charge in [-0.15, -0.1) is 0 Å². The smallest absolute Gasteiger partial charge is 0.220 e. The highest BCUT2D eigenvalue weighted by Crippen LogP contribution is 2.29. The van der Waals surface area contributed by atoms with E-state index in [2.05, 4.69) is 19.2 Å². The minimum atomic E-state index is 0.120. The van der Waals surface area contributed by atoms with E-state index >= 15 is 0 Å². The van der Waals surface area contributed by atoms with Crippen molar-refractivity contribution in [3.63, 3.8) is 0 Å². The van der Waals surface area contributed by atoms with Gasteiger partial charge in [0.15, 0.2) is 0 Å². The molecule has 2 aliphatic carbocycles. The Morgan fingerprint density at radius 3 is 2.03 bits per heavy atom. The maximum absolute atomic E-state index is 12.2. The second kappa shape index (κ2) is 13.5. The summed E-state index contributed by atoms with van der Waals surface area (Å²) in [6, 6.07) is 0.240. The summed E-state index contributed by atoms with van der Waals surface area (Å²) in [5, 5.41) is 3.15. The lowest BCUT2D eigenvalue weighted by molar-refractivity contribution is -0.127. The average Bonchev–Trinajstić information content (AvgIpc) is 2.72. The number of hydrogen-bond donors (Lipinski definition) is 1. The molecule has 0 spiro atoms. The maximum Gasteiger partial charge on any atom is 0.220 e. The van der Waals surface area contributed by atoms with E-state index in [0.717, 1.165) is 45.3 Å². The van der Waals surface area contributed by atoms with Crippen LogP contribution in [-0.4, -0.2) is 43.7 Å². The highest BCUT2D eigenvalue weighted by molar-refractivity contribution is 5.83. The van der Waals surface area contributed by atoms with E-state index in [1.54, 1.807) is 0 Å². The summed E-state index contributed by atoms with van der Waals surface area (Å²) in [7, 11) is 0. The lowest BCUT2D eigenvalue weighted by atomic mass is 9.80. The first kappa shape index (κ1) is 25.3. The molecule has 0 aliphatic heterocycles. The van der Waals surface area contributed by atoms with Crippen LogP contribution in [0.2, 0.25) is 0 Å². The van der Waals surface area contributed by atoms with Gasteiger partial charge in [0.2, 0.25) is 5.91 Å². The van der Waals surface area contributed by atoms with Crippen LogP contribution in [0, 0.1) is 23.7 Å². The van der Waals surface area contributed by atoms with Crippen LogP contribution in [-0.2, 0) is 19.1 Å². The van der Waals surface area contributed by atoms with E-state index in [9.17, 15) is 9.59 Å². The van der Waals surface area contributed by atoms with Crippen LogP contribution in [0.25, 0.3) is 0 Å². The number of carbonyl (C=O) groups excluding carboxylic acids is 2. The molecule has 0 saturated heterocycles. The Bertz CT molecular complexity index is 503. The van der Waals surface area contributed by atoms with Crippen molar-refractivity contribution >= 4 is 11.7 Å². The van der Waals surface area contributed by atoms with Gasteiger partial charge in [-0.3, -0.25) is 9.59 Å². The molecule has 0 atom stereocenters. The second-order valence-electron chi connectivity index (χ2n) is 10.1. The van der Waals surface area contributed by atoms with E-state index in [0.29, 0.717) is 36.8 Å². The molecule has 0 aromatic carbocycles. The molecule has 1 N–H and O–H groups in total. The molecule has 0 heterocycles. The van der Waals surface area contributed by atoms with Gasteiger partial charge >= 0.3 is 0 Å². The van der Waals surface area contributed by atoms with Crippen LogP contribution in [0.5, 0.6) is 0 Å². The molecule has 5 nitrogen and oxygen atoms in total. The second-order valence-corrected chi connectivity index (χ2v) is 10.1. The zero-order valence-electron chi connectivity index (χ0n) is 19.8. The molecule has 5 heteroatoms. The maximum atomic E-state index is 12.2. The summed E-state index contributed by atoms with van der Waals surface area (Å²) in [4.78, 5) is 24.3. The van der Waals surface area contributed by atoms with Crippen LogP contribution in [0.4, 0.5) is 0 Å². The van der Waals surface area contributed by atoms with E-state index in [1.165, 1.54) is 25.7 Å². The molecule has 0 unspecified atom stereocenters. The number of amides is 1. The standard InChI is InChI=1S/C25H45NO4/c1-18(2)25(28)22-11-13-23(14-12-22)26-24(27)6-5-15-29-16-20-7-9-21(10-8-20)17-30-19(3)4/h18-23H,5-17H2,1-4H3,(H,26,27)/t20-,21+,22-,23+. The van der Waals surface area contributed by atoms with E-state index < -0.39 is 0 Å². The Morgan fingerprint density at radius 1 is 0.867 bits per heavy atom. The van der Waals surface area contributed by atoms with E-state index in [4.69, 9.17) is 9.47 Å². The van der Waals surface area contributed by atoms with Crippen molar-refractivity contribution < 1.29 is 19.1 Å². The van der Waals surface area contributed by atoms with E-state index in [1.807, 2.05) is 13.8 Å². The van der Waals surface area contributed by atoms with Crippen molar-refractivity contribution in [3.8, 4) is 0 Å². The van der Waals surface area contributed by atoms with Gasteiger partial charge in [0.05, 0.1) is 6.10 Å². The topological polar surface area (TPSA) is 64.6 Å². The molecule has 30 heavy (non-hydrogen) atoms. The van der Waals surface area contributed by atoms with Gasteiger partial charge in [-0.05, 0) is 83.5 Å². The minimum Gasteiger partial charge on any atom is -0.381 e. The predicted octanol–water partition coefficient (Wildman–Crippen LogP) is 4.91. The van der Waals surface area contributed by atoms with Gasteiger partial charge in [0, 0.05) is 44.1 Å². The first-order valence-corrected chi connectivity index (χ1v) is 12.4. The summed E-state index contributed by atoms with van der Waals surface area (Å²) < 4.78 is 11.6. The molecule has 0 aromatic rings. The molecular weight excluding hydrogens is 378 g/mol. The molecule has 1 amide bonds. The summed E-state index contributed by atoms with van der Waals surface area (Å²) in [5.41, 5.74) is 0. The lowest BCUT2D eigenvalue weighted by Gasteiger charge is -2.29. The van der Waals surface area contributed by atoms with Crippen LogP contribution >= 0.6 is 0 Å². The van der Waals surface area contributed by atoms with Gasteiger partial charge in [0.25, 0.3) is 0 Å². The number of hydrogen-bond acceptors (Lipinski definition) is 4. The number of ether oxygens (including phenoxy) is 2. The first-order chi connectivity index (χ1) is 14.3. The fraction of sp³-hybridized carbons (Fsp3) is 0.920. The minimum absolute atomic E-state index is 0.120. The average molecular weight is 424 g/mol. The molecule has 2 saturated carbocycles. The summed E-state index contributed by atoms with van der Waals surface area (Å²) in [5.74, 6) is 2.21. The van der Waals surface area contributed by atoms with Gasteiger partial charge in [-0.2, -0.15) is 0 Å². The Hall–Kier alpha value is -0.940. The number of rotatable bonds is 12. The Morgan fingerprint density at radius 2 is 1.47 bits per heavy atom. The number of Topliss-reactive ketones (excluding diaryl/α,β-unsaturated/α-hetero) is 1. The van der Waals surface area contributed by atoms with Crippen molar-refractivity contribution in [2.24, 2.45) is 23.7 Å². The van der Waals surface area contributed by atoms with Gasteiger partial charge in [-0.1, -0.05) is 13.8 Å². The molecule has 0 aromatic heterocycles. The van der Waals surface area contributed by atoms with Crippen molar-refractivity contribution in [2.45, 2.75) is 104 Å². The van der Waals surface area contributed by atoms with E-state index in [-0.39, 0.29) is 23.8 Å². The summed E-state index contributed by atoms with van der Waals surface area (Å²) in [6.45, 7) is 10.5. The molecule has 0 bridgehead atoms. The number of carbonyl (C=O) groups is 2. The van der Waals surface area contributed by atoms with Crippen LogP contribution in [0.15, 0.2) is 0 Å². The van der Waals surface area contributed by atoms with Crippen molar-refractivity contribution in [1.82, 2.24) is 5.32 Å². The zero-order valence-corrected chi connectivity index (χ0v) is 19.8. The highest BCUT2D eigenvalue weighted by atomic mass is 16.5.